The summed E-state index contributed by atoms with van der Waals surface area (Å²) in [6.07, 6.45) is 0. The first-order valence-electron chi connectivity index (χ1n) is 5.37. The molecule has 0 fully saturated rings. The molecule has 2 rings (SSSR count). The van der Waals surface area contributed by atoms with Crippen LogP contribution in [0.15, 0.2) is 24.3 Å². The minimum atomic E-state index is -6.00. The van der Waals surface area contributed by atoms with E-state index < -0.39 is 23.2 Å². The second kappa shape index (κ2) is 5.63. The third-order valence-corrected chi connectivity index (χ3v) is 4.33. The molecule has 0 aliphatic rings. The van der Waals surface area contributed by atoms with Crippen LogP contribution in [0.5, 0.6) is 0 Å². The van der Waals surface area contributed by atoms with Gasteiger partial charge in [0, 0.05) is 18.4 Å². The van der Waals surface area contributed by atoms with Crippen molar-refractivity contribution >= 4 is 27.8 Å². The zero-order valence-corrected chi connectivity index (χ0v) is 11.3. The maximum atomic E-state index is 12.8. The van der Waals surface area contributed by atoms with Crippen LogP contribution in [0.3, 0.4) is 0 Å². The van der Waals surface area contributed by atoms with Gasteiger partial charge in [0.2, 0.25) is 0 Å². The summed E-state index contributed by atoms with van der Waals surface area (Å²) in [5, 5.41) is 0.716. The number of halogens is 7. The summed E-state index contributed by atoms with van der Waals surface area (Å²) in [5.74, 6) is 0. The number of alkyl halides is 3. The quantitative estimate of drug-likeness (QED) is 0.318. The van der Waals surface area contributed by atoms with Crippen LogP contribution in [-0.4, -0.2) is 7.25 Å². The monoisotopic (exact) mass is 318 g/mol. The Labute approximate surface area is 113 Å². The van der Waals surface area contributed by atoms with Gasteiger partial charge in [-0.1, -0.05) is 11.6 Å². The fourth-order valence-electron chi connectivity index (χ4n) is 1.73. The average molecular weight is 318 g/mol. The van der Waals surface area contributed by atoms with Crippen LogP contribution in [0.1, 0.15) is 10.4 Å². The van der Waals surface area contributed by atoms with Crippen molar-refractivity contribution in [2.75, 3.05) is 0 Å². The van der Waals surface area contributed by atoms with Gasteiger partial charge < -0.3 is 17.3 Å². The minimum absolute atomic E-state index is 0.406. The Morgan fingerprint density at radius 3 is 1.90 bits per heavy atom. The molecule has 0 saturated carbocycles. The summed E-state index contributed by atoms with van der Waals surface area (Å²) in [4.78, 5) is 0.406. The molecule has 0 amide bonds. The molecule has 0 radical (unpaired) electrons. The summed E-state index contributed by atoms with van der Waals surface area (Å²) >= 11 is 0. The van der Waals surface area contributed by atoms with Crippen LogP contribution in [0.2, 0.25) is 0 Å². The van der Waals surface area contributed by atoms with Crippen molar-refractivity contribution < 1.29 is 30.4 Å². The molecular formula is C11H10BF7S. The summed E-state index contributed by atoms with van der Waals surface area (Å²) in [6, 6.07) is 6.77. The van der Waals surface area contributed by atoms with Gasteiger partial charge in [-0.25, -0.2) is 0 Å². The predicted molar refractivity (Wildman–Crippen MR) is 67.4 cm³/mol. The second-order valence-electron chi connectivity index (χ2n) is 4.04. The topological polar surface area (TPSA) is 0 Å². The lowest BCUT2D eigenvalue weighted by atomic mass is 10.2. The molecule has 1 aromatic carbocycles. The summed E-state index contributed by atoms with van der Waals surface area (Å²) in [5.41, 5.74) is -3.16. The number of rotatable bonds is 0. The van der Waals surface area contributed by atoms with E-state index in [1.807, 2.05) is 6.92 Å². The van der Waals surface area contributed by atoms with Crippen LogP contribution in [0, 0.1) is 13.8 Å². The molecule has 20 heavy (non-hydrogen) atoms. The maximum absolute atomic E-state index is 12.8. The number of aryl methyl sites for hydroxylation is 2. The number of thiophene rings is 1. The van der Waals surface area contributed by atoms with Crippen molar-refractivity contribution in [3.8, 4) is 0 Å². The van der Waals surface area contributed by atoms with E-state index in [-0.39, 0.29) is 0 Å². The number of fused-ring (bicyclic) bond motifs is 1. The van der Waals surface area contributed by atoms with Crippen molar-refractivity contribution in [3.63, 3.8) is 0 Å². The third-order valence-electron chi connectivity index (χ3n) is 2.30. The van der Waals surface area contributed by atoms with Crippen LogP contribution in [0.4, 0.5) is 30.4 Å². The molecule has 1 aromatic heterocycles. The van der Waals surface area contributed by atoms with Crippen molar-refractivity contribution in [3.05, 3.63) is 34.7 Å². The molecule has 112 valence electrons. The Morgan fingerprint density at radius 1 is 0.950 bits per heavy atom. The lowest BCUT2D eigenvalue weighted by molar-refractivity contribution is -0.0867. The summed E-state index contributed by atoms with van der Waals surface area (Å²) in [6.45, 7) is 3.43. The SMILES string of the molecule is Cc1ccc2c(c1)cc(C)[s+]2C(F)(F)F.F[B-](F)(F)F. The fraction of sp³-hybridized carbons (Fsp3) is 0.273. The smallest absolute Gasteiger partial charge is 0.418 e. The second-order valence-corrected chi connectivity index (χ2v) is 6.20. The molecule has 0 nitrogen and oxygen atoms in total. The van der Waals surface area contributed by atoms with E-state index in [1.54, 1.807) is 31.2 Å². The van der Waals surface area contributed by atoms with Crippen molar-refractivity contribution in [1.29, 1.82) is 0 Å². The fourth-order valence-corrected chi connectivity index (χ4v) is 3.49. The van der Waals surface area contributed by atoms with Gasteiger partial charge >= 0.3 is 12.8 Å². The van der Waals surface area contributed by atoms with E-state index in [1.165, 1.54) is 0 Å². The van der Waals surface area contributed by atoms with Gasteiger partial charge in [-0.2, -0.15) is 0 Å². The van der Waals surface area contributed by atoms with Gasteiger partial charge in [0.25, 0.3) is 0 Å². The van der Waals surface area contributed by atoms with E-state index in [2.05, 4.69) is 0 Å². The molecule has 9 heteroatoms. The largest absolute Gasteiger partial charge is 0.673 e. The highest BCUT2D eigenvalue weighted by Crippen LogP contribution is 2.50. The van der Waals surface area contributed by atoms with Crippen LogP contribution < -0.4 is 0 Å². The Morgan fingerprint density at radius 2 is 1.45 bits per heavy atom. The molecule has 1 heterocycles. The molecular weight excluding hydrogens is 308 g/mol. The lowest BCUT2D eigenvalue weighted by Crippen LogP contribution is -2.02. The number of hydrogen-bond acceptors (Lipinski definition) is 0. The molecule has 0 N–H and O–H groups in total. The molecule has 0 spiro atoms. The highest BCUT2D eigenvalue weighted by atomic mass is 32.2. The van der Waals surface area contributed by atoms with Crippen molar-refractivity contribution in [1.82, 2.24) is 0 Å². The van der Waals surface area contributed by atoms with Crippen LogP contribution >= 0.6 is 10.5 Å². The van der Waals surface area contributed by atoms with Gasteiger partial charge in [0.15, 0.2) is 9.58 Å². The standard InChI is InChI=1S/C11H10F3S.BF4/c1-7-3-4-10-9(5-7)6-8(2)15(10)11(12,13)14;2-1(3,4)5/h3-6H,1-2H3;/q+1;-1. The van der Waals surface area contributed by atoms with E-state index in [0.29, 0.717) is 15.0 Å². The number of hydrogen-bond donors (Lipinski definition) is 0. The first-order valence-corrected chi connectivity index (χ1v) is 6.59. The zero-order valence-electron chi connectivity index (χ0n) is 10.4. The van der Waals surface area contributed by atoms with Crippen molar-refractivity contribution in [2.24, 2.45) is 0 Å². The molecule has 1 unspecified atom stereocenters. The Hall–Kier alpha value is -1.25. The molecule has 2 aromatic rings. The Balaban J connectivity index is 0.000000347. The van der Waals surface area contributed by atoms with Gasteiger partial charge in [0.05, 0.1) is 10.5 Å². The molecule has 0 bridgehead atoms. The third kappa shape index (κ3) is 4.70. The minimum Gasteiger partial charge on any atom is -0.418 e. The lowest BCUT2D eigenvalue weighted by Gasteiger charge is -1.97. The molecule has 0 saturated heterocycles. The average Bonchev–Trinajstić information content (AvgIpc) is 2.49. The van der Waals surface area contributed by atoms with E-state index in [9.17, 15) is 30.4 Å². The normalized spacial score (nSPS) is 13.2. The van der Waals surface area contributed by atoms with Crippen LogP contribution in [-0.2, 0) is 5.51 Å². The summed E-state index contributed by atoms with van der Waals surface area (Å²) < 4.78 is 77.7. The van der Waals surface area contributed by atoms with Gasteiger partial charge in [0.1, 0.15) is 0 Å². The van der Waals surface area contributed by atoms with Gasteiger partial charge in [-0.3, -0.25) is 0 Å². The number of benzene rings is 1. The van der Waals surface area contributed by atoms with Crippen molar-refractivity contribution in [2.45, 2.75) is 19.4 Å². The zero-order chi connectivity index (χ0) is 15.7. The maximum Gasteiger partial charge on any atom is 0.673 e. The van der Waals surface area contributed by atoms with Gasteiger partial charge in [-0.15, -0.1) is 13.2 Å². The Kier molecular flexibility index (Phi) is 4.73. The molecule has 0 aliphatic carbocycles. The highest BCUT2D eigenvalue weighted by Gasteiger charge is 2.46. The van der Waals surface area contributed by atoms with E-state index in [4.69, 9.17) is 0 Å². The first-order chi connectivity index (χ1) is 8.89. The van der Waals surface area contributed by atoms with Crippen LogP contribution in [0.25, 0.3) is 10.1 Å². The van der Waals surface area contributed by atoms with E-state index >= 15 is 0 Å². The van der Waals surface area contributed by atoms with E-state index in [0.717, 1.165) is 5.56 Å². The van der Waals surface area contributed by atoms with Gasteiger partial charge in [-0.05, 0) is 19.1 Å². The predicted octanol–water partition coefficient (Wildman–Crippen LogP) is 5.98. The first kappa shape index (κ1) is 16.8. The molecule has 1 atom stereocenters. The summed E-state index contributed by atoms with van der Waals surface area (Å²) in [7, 11) is -7.71. The Bertz CT molecular complexity index is 591. The highest BCUT2D eigenvalue weighted by molar-refractivity contribution is 7.38. The molecule has 0 aliphatic heterocycles.